The number of aryl methyl sites for hydroxylation is 1. The number of fused-ring (bicyclic) bond motifs is 1. The molecule has 0 radical (unpaired) electrons. The maximum absolute atomic E-state index is 12.6. The lowest BCUT2D eigenvalue weighted by Crippen LogP contribution is -2.13. The van der Waals surface area contributed by atoms with Crippen LogP contribution < -0.4 is 5.32 Å². The number of carbonyl (C=O) groups is 1. The summed E-state index contributed by atoms with van der Waals surface area (Å²) in [4.78, 5) is 12.3. The first-order valence-electron chi connectivity index (χ1n) is 7.31. The van der Waals surface area contributed by atoms with Gasteiger partial charge < -0.3 is 5.32 Å². The maximum atomic E-state index is 12.6. The number of alkyl halides is 3. The van der Waals surface area contributed by atoms with Crippen LogP contribution in [0.2, 0.25) is 5.02 Å². The number of nitrogens with one attached hydrogen (secondary N) is 1. The van der Waals surface area contributed by atoms with E-state index in [2.05, 4.69) is 15.6 Å². The second-order valence-corrected chi connectivity index (χ2v) is 5.66. The van der Waals surface area contributed by atoms with E-state index >= 15 is 0 Å². The van der Waals surface area contributed by atoms with E-state index in [-0.39, 0.29) is 10.7 Å². The van der Waals surface area contributed by atoms with Crippen LogP contribution in [-0.4, -0.2) is 20.9 Å². The Morgan fingerprint density at radius 1 is 1.24 bits per heavy atom. The average Bonchev–Trinajstić information content (AvgIpc) is 2.97. The summed E-state index contributed by atoms with van der Waals surface area (Å²) < 4.78 is 39.6. The van der Waals surface area contributed by atoms with Crippen LogP contribution in [0.1, 0.15) is 22.8 Å². The third kappa shape index (κ3) is 3.43. The lowest BCUT2D eigenvalue weighted by atomic mass is 10.1. The molecule has 0 spiro atoms. The molecule has 2 aromatic carbocycles. The molecule has 1 heterocycles. The molecule has 5 nitrogen and oxygen atoms in total. The summed E-state index contributed by atoms with van der Waals surface area (Å²) in [6.07, 6.45) is -4.50. The summed E-state index contributed by atoms with van der Waals surface area (Å²) in [5.74, 6) is -0.505. The number of benzene rings is 2. The Morgan fingerprint density at radius 3 is 2.64 bits per heavy atom. The largest absolute Gasteiger partial charge is 0.416 e. The van der Waals surface area contributed by atoms with Gasteiger partial charge in [-0.3, -0.25) is 4.79 Å². The molecule has 0 aliphatic rings. The second kappa shape index (κ2) is 6.36. The van der Waals surface area contributed by atoms with E-state index in [9.17, 15) is 18.0 Å². The summed E-state index contributed by atoms with van der Waals surface area (Å²) in [5, 5.41) is 10.2. The highest BCUT2D eigenvalue weighted by Gasteiger charge is 2.31. The topological polar surface area (TPSA) is 59.8 Å². The Morgan fingerprint density at radius 2 is 2.00 bits per heavy atom. The van der Waals surface area contributed by atoms with Crippen molar-refractivity contribution in [1.82, 2.24) is 15.0 Å². The fraction of sp³-hybridized carbons (Fsp3) is 0.188. The van der Waals surface area contributed by atoms with E-state index < -0.39 is 17.6 Å². The summed E-state index contributed by atoms with van der Waals surface area (Å²) in [7, 11) is 0. The van der Waals surface area contributed by atoms with Crippen molar-refractivity contribution < 1.29 is 18.0 Å². The van der Waals surface area contributed by atoms with E-state index in [4.69, 9.17) is 11.6 Å². The number of hydrogen-bond acceptors (Lipinski definition) is 3. The summed E-state index contributed by atoms with van der Waals surface area (Å²) in [6, 6.07) is 7.61. The van der Waals surface area contributed by atoms with Gasteiger partial charge in [-0.05, 0) is 43.3 Å². The molecule has 0 unspecified atom stereocenters. The van der Waals surface area contributed by atoms with Crippen molar-refractivity contribution in [2.24, 2.45) is 0 Å². The zero-order valence-electron chi connectivity index (χ0n) is 12.9. The first-order chi connectivity index (χ1) is 11.8. The van der Waals surface area contributed by atoms with Crippen LogP contribution in [0.25, 0.3) is 11.0 Å². The standard InChI is InChI=1S/C16H12ClF3N4O/c1-2-24-14-6-3-9(7-13(14)22-23-24)15(25)21-12-5-4-10(8-11(12)17)16(18,19)20/h3-8H,2H2,1H3,(H,21,25). The van der Waals surface area contributed by atoms with Crippen LogP contribution in [0, 0.1) is 0 Å². The van der Waals surface area contributed by atoms with Crippen molar-refractivity contribution in [2.45, 2.75) is 19.6 Å². The Bertz CT molecular complexity index is 952. The monoisotopic (exact) mass is 368 g/mol. The number of halogens is 4. The fourth-order valence-corrected chi connectivity index (χ4v) is 2.56. The Labute approximate surface area is 145 Å². The molecule has 0 saturated heterocycles. The highest BCUT2D eigenvalue weighted by atomic mass is 35.5. The van der Waals surface area contributed by atoms with Gasteiger partial charge in [0, 0.05) is 12.1 Å². The number of amides is 1. The summed E-state index contributed by atoms with van der Waals surface area (Å²) in [6.45, 7) is 2.56. The van der Waals surface area contributed by atoms with Gasteiger partial charge in [-0.2, -0.15) is 13.2 Å². The summed E-state index contributed by atoms with van der Waals surface area (Å²) >= 11 is 5.84. The van der Waals surface area contributed by atoms with Crippen molar-refractivity contribution in [2.75, 3.05) is 5.32 Å². The maximum Gasteiger partial charge on any atom is 0.416 e. The van der Waals surface area contributed by atoms with Crippen LogP contribution in [-0.2, 0) is 12.7 Å². The molecule has 3 aromatic rings. The Balaban J connectivity index is 1.85. The van der Waals surface area contributed by atoms with Gasteiger partial charge in [0.25, 0.3) is 5.91 Å². The van der Waals surface area contributed by atoms with E-state index in [0.717, 1.165) is 23.7 Å². The van der Waals surface area contributed by atoms with Gasteiger partial charge in [-0.15, -0.1) is 5.10 Å². The molecule has 0 aliphatic carbocycles. The zero-order valence-corrected chi connectivity index (χ0v) is 13.7. The van der Waals surface area contributed by atoms with Crippen molar-refractivity contribution in [3.05, 3.63) is 52.5 Å². The minimum atomic E-state index is -4.50. The molecule has 0 aliphatic heterocycles. The highest BCUT2D eigenvalue weighted by Crippen LogP contribution is 2.33. The smallest absolute Gasteiger partial charge is 0.321 e. The normalized spacial score (nSPS) is 11.7. The van der Waals surface area contributed by atoms with Crippen LogP contribution in [0.15, 0.2) is 36.4 Å². The molecular weight excluding hydrogens is 357 g/mol. The Kier molecular flexibility index (Phi) is 4.38. The molecule has 0 atom stereocenters. The number of aromatic nitrogens is 3. The molecule has 0 bridgehead atoms. The van der Waals surface area contributed by atoms with Crippen molar-refractivity contribution in [3.8, 4) is 0 Å². The third-order valence-electron chi connectivity index (χ3n) is 3.62. The molecule has 9 heteroatoms. The van der Waals surface area contributed by atoms with E-state index in [1.165, 1.54) is 0 Å². The fourth-order valence-electron chi connectivity index (χ4n) is 2.33. The minimum absolute atomic E-state index is 0.0944. The van der Waals surface area contributed by atoms with Crippen LogP contribution in [0.4, 0.5) is 18.9 Å². The Hall–Kier alpha value is -2.61. The number of nitrogens with zero attached hydrogens (tertiary/aromatic N) is 3. The molecular formula is C16H12ClF3N4O. The molecule has 1 amide bonds. The third-order valence-corrected chi connectivity index (χ3v) is 3.93. The quantitative estimate of drug-likeness (QED) is 0.746. The number of rotatable bonds is 3. The second-order valence-electron chi connectivity index (χ2n) is 5.26. The molecule has 1 aromatic heterocycles. The van der Waals surface area contributed by atoms with Gasteiger partial charge >= 0.3 is 6.18 Å². The van der Waals surface area contributed by atoms with Gasteiger partial charge in [0.2, 0.25) is 0 Å². The molecule has 0 fully saturated rings. The first kappa shape index (κ1) is 17.2. The van der Waals surface area contributed by atoms with Gasteiger partial charge in [0.15, 0.2) is 0 Å². The van der Waals surface area contributed by atoms with Crippen LogP contribution in [0.3, 0.4) is 0 Å². The van der Waals surface area contributed by atoms with Gasteiger partial charge in [0.05, 0.1) is 21.8 Å². The number of anilines is 1. The van der Waals surface area contributed by atoms with Gasteiger partial charge in [0.1, 0.15) is 5.52 Å². The van der Waals surface area contributed by atoms with Gasteiger partial charge in [-0.25, -0.2) is 4.68 Å². The highest BCUT2D eigenvalue weighted by molar-refractivity contribution is 6.34. The van der Waals surface area contributed by atoms with E-state index in [1.807, 2.05) is 6.92 Å². The van der Waals surface area contributed by atoms with Crippen LogP contribution >= 0.6 is 11.6 Å². The zero-order chi connectivity index (χ0) is 18.2. The van der Waals surface area contributed by atoms with Gasteiger partial charge in [-0.1, -0.05) is 16.8 Å². The van der Waals surface area contributed by atoms with Crippen molar-refractivity contribution >= 4 is 34.2 Å². The number of hydrogen-bond donors (Lipinski definition) is 1. The first-order valence-corrected chi connectivity index (χ1v) is 7.68. The minimum Gasteiger partial charge on any atom is -0.321 e. The van der Waals surface area contributed by atoms with E-state index in [0.29, 0.717) is 17.6 Å². The molecule has 130 valence electrons. The number of carbonyl (C=O) groups excluding carboxylic acids is 1. The average molecular weight is 369 g/mol. The lowest BCUT2D eigenvalue weighted by Gasteiger charge is -2.11. The molecule has 0 saturated carbocycles. The van der Waals surface area contributed by atoms with Crippen molar-refractivity contribution in [1.29, 1.82) is 0 Å². The SMILES string of the molecule is CCn1nnc2cc(C(=O)Nc3ccc(C(F)(F)F)cc3Cl)ccc21. The lowest BCUT2D eigenvalue weighted by molar-refractivity contribution is -0.137. The molecule has 1 N–H and O–H groups in total. The van der Waals surface area contributed by atoms with Crippen LogP contribution in [0.5, 0.6) is 0 Å². The van der Waals surface area contributed by atoms with E-state index in [1.54, 1.807) is 22.9 Å². The summed E-state index contributed by atoms with van der Waals surface area (Å²) in [5.41, 5.74) is 0.844. The molecule has 3 rings (SSSR count). The predicted octanol–water partition coefficient (Wildman–Crippen LogP) is 4.38. The van der Waals surface area contributed by atoms with Crippen molar-refractivity contribution in [3.63, 3.8) is 0 Å². The predicted molar refractivity (Wildman–Crippen MR) is 87.6 cm³/mol. The molecule has 25 heavy (non-hydrogen) atoms.